The van der Waals surface area contributed by atoms with Crippen LogP contribution in [0.4, 0.5) is 0 Å². The molecule has 0 spiro atoms. The number of hydrogen-bond acceptors (Lipinski definition) is 2. The van der Waals surface area contributed by atoms with E-state index in [4.69, 9.17) is 0 Å². The second-order valence-corrected chi connectivity index (χ2v) is 6.94. The maximum atomic E-state index is 13.3. The third-order valence-corrected chi connectivity index (χ3v) is 5.65. The molecule has 3 rings (SSSR count). The van der Waals surface area contributed by atoms with E-state index in [1.807, 2.05) is 0 Å². The van der Waals surface area contributed by atoms with Crippen molar-refractivity contribution in [2.24, 2.45) is 0 Å². The van der Waals surface area contributed by atoms with E-state index in [1.54, 1.807) is 0 Å². The van der Waals surface area contributed by atoms with Gasteiger partial charge in [-0.15, -0.1) is 0 Å². The fourth-order valence-corrected chi connectivity index (χ4v) is 4.49. The highest BCUT2D eigenvalue weighted by Gasteiger charge is 2.46. The van der Waals surface area contributed by atoms with Gasteiger partial charge in [0.15, 0.2) is 5.78 Å². The number of carbonyl (C=O) groups excluding carboxylic acids is 1. The number of nitrogens with zero attached hydrogens (tertiary/aromatic N) is 1. The van der Waals surface area contributed by atoms with Gasteiger partial charge in [0.2, 0.25) is 0 Å². The van der Waals surface area contributed by atoms with Crippen molar-refractivity contribution >= 4 is 5.78 Å². The van der Waals surface area contributed by atoms with E-state index < -0.39 is 0 Å². The molecule has 2 heteroatoms. The van der Waals surface area contributed by atoms with Gasteiger partial charge in [0.1, 0.15) is 0 Å². The number of ketones is 1. The van der Waals surface area contributed by atoms with E-state index >= 15 is 0 Å². The molecule has 1 saturated heterocycles. The summed E-state index contributed by atoms with van der Waals surface area (Å²) in [5, 5.41) is 0. The van der Waals surface area contributed by atoms with Gasteiger partial charge in [-0.25, -0.2) is 0 Å². The van der Waals surface area contributed by atoms with E-state index in [0.29, 0.717) is 5.78 Å². The molecule has 0 aromatic heterocycles. The minimum Gasteiger partial charge on any atom is -0.292 e. The molecule has 0 aromatic rings. The van der Waals surface area contributed by atoms with Crippen molar-refractivity contribution in [3.05, 3.63) is 11.6 Å². The maximum absolute atomic E-state index is 13.3. The molecular weight excluding hydrogens is 246 g/mol. The Morgan fingerprint density at radius 1 is 0.900 bits per heavy atom. The quantitative estimate of drug-likeness (QED) is 0.767. The van der Waals surface area contributed by atoms with Gasteiger partial charge in [-0.1, -0.05) is 31.8 Å². The average molecular weight is 275 g/mol. The van der Waals surface area contributed by atoms with Crippen LogP contribution in [0.5, 0.6) is 0 Å². The van der Waals surface area contributed by atoms with Gasteiger partial charge in [0.05, 0.1) is 5.54 Å². The summed E-state index contributed by atoms with van der Waals surface area (Å²) in [6.45, 7) is 2.30. The zero-order valence-electron chi connectivity index (χ0n) is 12.8. The molecule has 2 nitrogen and oxygen atoms in total. The van der Waals surface area contributed by atoms with Crippen molar-refractivity contribution in [2.75, 3.05) is 13.1 Å². The van der Waals surface area contributed by atoms with E-state index in [1.165, 1.54) is 56.9 Å². The highest BCUT2D eigenvalue weighted by Crippen LogP contribution is 2.40. The summed E-state index contributed by atoms with van der Waals surface area (Å²) < 4.78 is 0. The van der Waals surface area contributed by atoms with E-state index in [-0.39, 0.29) is 5.54 Å². The Morgan fingerprint density at radius 3 is 2.35 bits per heavy atom. The molecule has 3 aliphatic rings. The van der Waals surface area contributed by atoms with Crippen LogP contribution in [0.1, 0.15) is 77.0 Å². The van der Waals surface area contributed by atoms with Crippen molar-refractivity contribution in [3.63, 3.8) is 0 Å². The smallest absolute Gasteiger partial charge is 0.178 e. The number of allylic oxidation sites excluding steroid dienone is 1. The molecule has 0 bridgehead atoms. The highest BCUT2D eigenvalue weighted by molar-refractivity contribution is 6.02. The summed E-state index contributed by atoms with van der Waals surface area (Å²) in [7, 11) is 0. The zero-order chi connectivity index (χ0) is 13.8. The van der Waals surface area contributed by atoms with Gasteiger partial charge >= 0.3 is 0 Å². The minimum absolute atomic E-state index is 0.101. The van der Waals surface area contributed by atoms with Crippen LogP contribution in [-0.4, -0.2) is 29.3 Å². The number of carbonyl (C=O) groups is 1. The lowest BCUT2D eigenvalue weighted by Crippen LogP contribution is -2.55. The van der Waals surface area contributed by atoms with Crippen molar-refractivity contribution in [3.8, 4) is 0 Å². The average Bonchev–Trinajstić information content (AvgIpc) is 2.84. The zero-order valence-corrected chi connectivity index (χ0v) is 12.8. The van der Waals surface area contributed by atoms with E-state index in [0.717, 1.165) is 38.8 Å². The second kappa shape index (κ2) is 6.43. The molecule has 0 aromatic carbocycles. The van der Waals surface area contributed by atoms with Crippen molar-refractivity contribution in [1.82, 2.24) is 4.90 Å². The Morgan fingerprint density at radius 2 is 1.60 bits per heavy atom. The number of likely N-dealkylation sites (tertiary alicyclic amines) is 1. The molecule has 2 fully saturated rings. The van der Waals surface area contributed by atoms with Gasteiger partial charge in [-0.3, -0.25) is 9.69 Å². The molecule has 112 valence electrons. The molecular formula is C18H29NO. The summed E-state index contributed by atoms with van der Waals surface area (Å²) >= 11 is 0. The van der Waals surface area contributed by atoms with Crippen LogP contribution in [0, 0.1) is 0 Å². The van der Waals surface area contributed by atoms with Crippen LogP contribution in [0.15, 0.2) is 11.6 Å². The first-order chi connectivity index (χ1) is 9.83. The molecule has 0 radical (unpaired) electrons. The maximum Gasteiger partial charge on any atom is 0.178 e. The van der Waals surface area contributed by atoms with Gasteiger partial charge in [0.25, 0.3) is 0 Å². The van der Waals surface area contributed by atoms with Crippen LogP contribution in [0.3, 0.4) is 0 Å². The summed E-state index contributed by atoms with van der Waals surface area (Å²) in [4.78, 5) is 15.8. The third kappa shape index (κ3) is 2.72. The standard InChI is InChI=1S/C18H29NO/c20-17(16-10-4-1-2-5-11-16)18(12-6-7-13-18)19-14-8-3-9-15-19/h10H,1-9,11-15H2. The minimum atomic E-state index is -0.101. The van der Waals surface area contributed by atoms with E-state index in [9.17, 15) is 4.79 Å². The third-order valence-electron chi connectivity index (χ3n) is 5.65. The van der Waals surface area contributed by atoms with Gasteiger partial charge in [-0.05, 0) is 70.0 Å². The number of Topliss-reactive ketones (excluding diaryl/α,β-unsaturated/α-hetero) is 1. The van der Waals surface area contributed by atoms with Gasteiger partial charge < -0.3 is 0 Å². The SMILES string of the molecule is O=C(C1=CCCCCC1)C1(N2CCCCC2)CCCC1. The predicted molar refractivity (Wildman–Crippen MR) is 82.8 cm³/mol. The topological polar surface area (TPSA) is 20.3 Å². The largest absolute Gasteiger partial charge is 0.292 e. The van der Waals surface area contributed by atoms with Crippen molar-refractivity contribution in [2.45, 2.75) is 82.6 Å². The molecule has 0 atom stereocenters. The van der Waals surface area contributed by atoms with Crippen molar-refractivity contribution in [1.29, 1.82) is 0 Å². The number of hydrogen-bond donors (Lipinski definition) is 0. The lowest BCUT2D eigenvalue weighted by Gasteiger charge is -2.42. The fraction of sp³-hybridized carbons (Fsp3) is 0.833. The van der Waals surface area contributed by atoms with Gasteiger partial charge in [-0.2, -0.15) is 0 Å². The Kier molecular flexibility index (Phi) is 4.60. The second-order valence-electron chi connectivity index (χ2n) is 6.94. The highest BCUT2D eigenvalue weighted by atomic mass is 16.1. The number of piperidine rings is 1. The molecule has 2 aliphatic carbocycles. The lowest BCUT2D eigenvalue weighted by atomic mass is 9.83. The molecule has 0 amide bonds. The van der Waals surface area contributed by atoms with Crippen LogP contribution < -0.4 is 0 Å². The van der Waals surface area contributed by atoms with Crippen LogP contribution in [0.25, 0.3) is 0 Å². The Labute approximate surface area is 123 Å². The molecule has 20 heavy (non-hydrogen) atoms. The molecule has 0 N–H and O–H groups in total. The van der Waals surface area contributed by atoms with Crippen LogP contribution in [-0.2, 0) is 4.79 Å². The summed E-state index contributed by atoms with van der Waals surface area (Å²) in [5.41, 5.74) is 1.08. The predicted octanol–water partition coefficient (Wildman–Crippen LogP) is 4.24. The Hall–Kier alpha value is -0.630. The van der Waals surface area contributed by atoms with Crippen LogP contribution >= 0.6 is 0 Å². The molecule has 1 aliphatic heterocycles. The molecule has 1 heterocycles. The lowest BCUT2D eigenvalue weighted by molar-refractivity contribution is -0.128. The molecule has 1 saturated carbocycles. The monoisotopic (exact) mass is 275 g/mol. The van der Waals surface area contributed by atoms with Crippen molar-refractivity contribution < 1.29 is 4.79 Å². The summed E-state index contributed by atoms with van der Waals surface area (Å²) in [6.07, 6.45) is 16.9. The fourth-order valence-electron chi connectivity index (χ4n) is 4.49. The molecule has 0 unspecified atom stereocenters. The van der Waals surface area contributed by atoms with Crippen LogP contribution in [0.2, 0.25) is 0 Å². The van der Waals surface area contributed by atoms with E-state index in [2.05, 4.69) is 11.0 Å². The first-order valence-corrected chi connectivity index (χ1v) is 8.82. The summed E-state index contributed by atoms with van der Waals surface area (Å²) in [5.74, 6) is 0.513. The first kappa shape index (κ1) is 14.3. The summed E-state index contributed by atoms with van der Waals surface area (Å²) in [6, 6.07) is 0. The Bertz CT molecular complexity index is 373. The Balaban J connectivity index is 1.81. The van der Waals surface area contributed by atoms with Gasteiger partial charge in [0, 0.05) is 0 Å². The normalized spacial score (nSPS) is 27.9. The number of rotatable bonds is 3. The first-order valence-electron chi connectivity index (χ1n) is 8.82.